The molecule has 0 spiro atoms. The Morgan fingerprint density at radius 2 is 2.24 bits per heavy atom. The molecule has 114 valence electrons. The zero-order chi connectivity index (χ0) is 15.7. The molecule has 0 aliphatic heterocycles. The van der Waals surface area contributed by atoms with Crippen molar-refractivity contribution in [1.82, 2.24) is 10.6 Å². The Labute approximate surface area is 129 Å². The van der Waals surface area contributed by atoms with Crippen molar-refractivity contribution in [2.75, 3.05) is 27.3 Å². The minimum absolute atomic E-state index is 0.188. The minimum atomic E-state index is -0.317. The molecule has 1 aromatic rings. The molecule has 0 unspecified atom stereocenters. The van der Waals surface area contributed by atoms with Gasteiger partial charge < -0.3 is 20.1 Å². The van der Waals surface area contributed by atoms with Gasteiger partial charge in [0.25, 0.3) is 5.91 Å². The lowest BCUT2D eigenvalue weighted by atomic mass is 10.2. The lowest BCUT2D eigenvalue weighted by Crippen LogP contribution is -2.29. The van der Waals surface area contributed by atoms with Gasteiger partial charge in [0.05, 0.1) is 24.6 Å². The molecule has 0 atom stereocenters. The summed E-state index contributed by atoms with van der Waals surface area (Å²) >= 11 is 6.15. The Bertz CT molecular complexity index is 529. The first-order chi connectivity index (χ1) is 10.1. The van der Waals surface area contributed by atoms with Crippen LogP contribution >= 0.6 is 11.6 Å². The van der Waals surface area contributed by atoms with Crippen molar-refractivity contribution in [3.8, 4) is 17.6 Å². The summed E-state index contributed by atoms with van der Waals surface area (Å²) in [4.78, 5) is 11.5. The van der Waals surface area contributed by atoms with E-state index in [1.807, 2.05) is 13.1 Å². The number of nitrogens with zero attached hydrogens (tertiary/aromatic N) is 1. The molecule has 0 saturated heterocycles. The van der Waals surface area contributed by atoms with E-state index in [0.29, 0.717) is 29.6 Å². The molecule has 6 nitrogen and oxygen atoms in total. The molecule has 0 aliphatic carbocycles. The molecule has 0 aromatic heterocycles. The summed E-state index contributed by atoms with van der Waals surface area (Å²) in [5, 5.41) is 14.3. The zero-order valence-electron chi connectivity index (χ0n) is 12.0. The third-order valence-electron chi connectivity index (χ3n) is 2.58. The number of carbonyl (C=O) groups excluding carboxylic acids is 1. The van der Waals surface area contributed by atoms with Crippen molar-refractivity contribution in [3.63, 3.8) is 0 Å². The van der Waals surface area contributed by atoms with Gasteiger partial charge in [-0.3, -0.25) is 4.79 Å². The Morgan fingerprint density at radius 3 is 2.86 bits per heavy atom. The fourth-order valence-electron chi connectivity index (χ4n) is 1.67. The molecule has 0 bridgehead atoms. The maximum atomic E-state index is 11.5. The Morgan fingerprint density at radius 1 is 1.48 bits per heavy atom. The Hall–Kier alpha value is -1.97. The number of ether oxygens (including phenoxy) is 2. The van der Waals surface area contributed by atoms with Crippen LogP contribution in [0, 0.1) is 11.3 Å². The van der Waals surface area contributed by atoms with Crippen LogP contribution in [0.3, 0.4) is 0 Å². The molecule has 0 radical (unpaired) electrons. The number of halogens is 1. The summed E-state index contributed by atoms with van der Waals surface area (Å²) in [5.74, 6) is 0.481. The van der Waals surface area contributed by atoms with Gasteiger partial charge in [-0.2, -0.15) is 5.26 Å². The highest BCUT2D eigenvalue weighted by Crippen LogP contribution is 2.36. The van der Waals surface area contributed by atoms with Gasteiger partial charge in [0.15, 0.2) is 18.1 Å². The lowest BCUT2D eigenvalue weighted by Gasteiger charge is -2.14. The highest BCUT2D eigenvalue weighted by atomic mass is 35.5. The molecule has 0 saturated carbocycles. The van der Waals surface area contributed by atoms with Gasteiger partial charge in [0, 0.05) is 13.1 Å². The van der Waals surface area contributed by atoms with Gasteiger partial charge in [-0.25, -0.2) is 0 Å². The maximum Gasteiger partial charge on any atom is 0.257 e. The van der Waals surface area contributed by atoms with Crippen LogP contribution in [0.2, 0.25) is 5.02 Å². The van der Waals surface area contributed by atoms with E-state index in [2.05, 4.69) is 10.6 Å². The number of carbonyl (C=O) groups is 1. The Balaban J connectivity index is 2.70. The monoisotopic (exact) mass is 311 g/mol. The van der Waals surface area contributed by atoms with E-state index in [1.54, 1.807) is 12.1 Å². The SMILES string of the molecule is CNCc1cc(Cl)c(OCC(=O)NCCC#N)c(OC)c1. The second-order valence-electron chi connectivity index (χ2n) is 4.19. The molecule has 0 fully saturated rings. The van der Waals surface area contributed by atoms with Crippen molar-refractivity contribution in [2.24, 2.45) is 0 Å². The van der Waals surface area contributed by atoms with Gasteiger partial charge in [0.1, 0.15) is 0 Å². The lowest BCUT2D eigenvalue weighted by molar-refractivity contribution is -0.123. The summed E-state index contributed by atoms with van der Waals surface area (Å²) in [6, 6.07) is 5.49. The number of rotatable bonds is 8. The standard InChI is InChI=1S/C14H18ClN3O3/c1-17-8-10-6-11(15)14(12(7-10)20-2)21-9-13(19)18-5-3-4-16/h6-7,17H,3,5,8-9H2,1-2H3,(H,18,19). The van der Waals surface area contributed by atoms with Crippen LogP contribution < -0.4 is 20.1 Å². The summed E-state index contributed by atoms with van der Waals surface area (Å²) in [7, 11) is 3.34. The third kappa shape index (κ3) is 5.50. The first-order valence-electron chi connectivity index (χ1n) is 6.39. The van der Waals surface area contributed by atoms with Crippen LogP contribution in [0.1, 0.15) is 12.0 Å². The summed E-state index contributed by atoms with van der Waals surface area (Å²) < 4.78 is 10.6. The normalized spacial score (nSPS) is 9.81. The minimum Gasteiger partial charge on any atom is -0.493 e. The van der Waals surface area contributed by atoms with Crippen molar-refractivity contribution in [3.05, 3.63) is 22.7 Å². The van der Waals surface area contributed by atoms with Gasteiger partial charge in [-0.1, -0.05) is 11.6 Å². The topological polar surface area (TPSA) is 83.4 Å². The fraction of sp³-hybridized carbons (Fsp3) is 0.429. The largest absolute Gasteiger partial charge is 0.493 e. The summed E-state index contributed by atoms with van der Waals surface area (Å²) in [6.45, 7) is 0.753. The molecule has 2 N–H and O–H groups in total. The van der Waals surface area contributed by atoms with Crippen LogP contribution in [0.15, 0.2) is 12.1 Å². The number of methoxy groups -OCH3 is 1. The van der Waals surface area contributed by atoms with E-state index in [4.69, 9.17) is 26.3 Å². The van der Waals surface area contributed by atoms with Gasteiger partial charge in [-0.15, -0.1) is 0 Å². The number of hydrogen-bond acceptors (Lipinski definition) is 5. The number of nitrogens with one attached hydrogen (secondary N) is 2. The van der Waals surface area contributed by atoms with Gasteiger partial charge >= 0.3 is 0 Å². The zero-order valence-corrected chi connectivity index (χ0v) is 12.8. The molecular weight excluding hydrogens is 294 g/mol. The number of nitriles is 1. The predicted octanol–water partition coefficient (Wildman–Crippen LogP) is 1.48. The summed E-state index contributed by atoms with van der Waals surface area (Å²) in [5.41, 5.74) is 0.949. The van der Waals surface area contributed by atoms with Crippen LogP contribution in [0.4, 0.5) is 0 Å². The molecule has 7 heteroatoms. The molecule has 1 rings (SSSR count). The molecule has 21 heavy (non-hydrogen) atoms. The van der Waals surface area contributed by atoms with E-state index in [1.165, 1.54) is 7.11 Å². The average molecular weight is 312 g/mol. The quantitative estimate of drug-likeness (QED) is 0.710. The smallest absolute Gasteiger partial charge is 0.257 e. The highest BCUT2D eigenvalue weighted by Gasteiger charge is 2.13. The van der Waals surface area contributed by atoms with E-state index >= 15 is 0 Å². The van der Waals surface area contributed by atoms with E-state index in [9.17, 15) is 4.79 Å². The molecule has 0 aliphatic rings. The molecule has 0 heterocycles. The Kier molecular flexibility index (Phi) is 7.37. The highest BCUT2D eigenvalue weighted by molar-refractivity contribution is 6.32. The molecular formula is C14H18ClN3O3. The van der Waals surface area contributed by atoms with Crippen molar-refractivity contribution in [2.45, 2.75) is 13.0 Å². The number of amides is 1. The number of hydrogen-bond donors (Lipinski definition) is 2. The third-order valence-corrected chi connectivity index (χ3v) is 2.86. The second kappa shape index (κ2) is 9.06. The van der Waals surface area contributed by atoms with Crippen LogP contribution in [-0.4, -0.2) is 33.2 Å². The van der Waals surface area contributed by atoms with Gasteiger partial charge in [-0.05, 0) is 24.7 Å². The first-order valence-corrected chi connectivity index (χ1v) is 6.77. The second-order valence-corrected chi connectivity index (χ2v) is 4.59. The van der Waals surface area contributed by atoms with Crippen LogP contribution in [-0.2, 0) is 11.3 Å². The number of benzene rings is 1. The predicted molar refractivity (Wildman–Crippen MR) is 79.5 cm³/mol. The fourth-order valence-corrected chi connectivity index (χ4v) is 1.95. The van der Waals surface area contributed by atoms with E-state index < -0.39 is 0 Å². The van der Waals surface area contributed by atoms with E-state index in [0.717, 1.165) is 5.56 Å². The average Bonchev–Trinajstić information content (AvgIpc) is 2.46. The van der Waals surface area contributed by atoms with Crippen LogP contribution in [0.25, 0.3) is 0 Å². The van der Waals surface area contributed by atoms with Gasteiger partial charge in [0.2, 0.25) is 0 Å². The molecule has 1 aromatic carbocycles. The maximum absolute atomic E-state index is 11.5. The molecule has 1 amide bonds. The van der Waals surface area contributed by atoms with E-state index in [-0.39, 0.29) is 18.9 Å². The first kappa shape index (κ1) is 17.1. The van der Waals surface area contributed by atoms with Crippen LogP contribution in [0.5, 0.6) is 11.5 Å². The van der Waals surface area contributed by atoms with Crippen molar-refractivity contribution < 1.29 is 14.3 Å². The summed E-state index contributed by atoms with van der Waals surface area (Å²) in [6.07, 6.45) is 0.258. The van der Waals surface area contributed by atoms with Crippen molar-refractivity contribution in [1.29, 1.82) is 5.26 Å². The van der Waals surface area contributed by atoms with Crippen molar-refractivity contribution >= 4 is 17.5 Å².